The van der Waals surface area contributed by atoms with Gasteiger partial charge >= 0.3 is 23.9 Å². The lowest BCUT2D eigenvalue weighted by Gasteiger charge is -2.28. The van der Waals surface area contributed by atoms with Crippen LogP contribution in [0.1, 0.15) is 195 Å². The summed E-state index contributed by atoms with van der Waals surface area (Å²) in [5, 5.41) is 19.8. The summed E-state index contributed by atoms with van der Waals surface area (Å²) >= 11 is 0. The van der Waals surface area contributed by atoms with Crippen LogP contribution in [0.4, 0.5) is 0 Å². The number of unbranched alkanes of at least 4 members (excludes halogenated alkanes) is 16. The van der Waals surface area contributed by atoms with Crippen LogP contribution in [-0.2, 0) is 38.1 Å². The molecule has 0 heterocycles. The lowest BCUT2D eigenvalue weighted by molar-refractivity contribution is -0.159. The van der Waals surface area contributed by atoms with Crippen LogP contribution < -0.4 is 0 Å². The molecule has 10 heteroatoms. The van der Waals surface area contributed by atoms with Crippen LogP contribution in [-0.4, -0.2) is 72.7 Å². The second-order valence-corrected chi connectivity index (χ2v) is 14.7. The number of aliphatic hydroxyl groups excluding tert-OH is 2. The molecule has 0 aromatic carbocycles. The van der Waals surface area contributed by atoms with Crippen LogP contribution in [0.2, 0.25) is 0 Å². The number of carbonyl (C=O) groups is 4. The van der Waals surface area contributed by atoms with E-state index in [1.807, 2.05) is 13.8 Å². The van der Waals surface area contributed by atoms with E-state index in [0.717, 1.165) is 25.7 Å². The second kappa shape index (κ2) is 33.6. The van der Waals surface area contributed by atoms with Crippen molar-refractivity contribution < 1.29 is 48.3 Å². The van der Waals surface area contributed by atoms with Crippen LogP contribution >= 0.6 is 0 Å². The first-order chi connectivity index (χ1) is 24.6. The Morgan fingerprint density at radius 3 is 1.08 bits per heavy atom. The standard InChI is InChI=1S/C41H76O10/c1-5-7-9-11-13-15-19-25-35(3)50-39(46)29-23-17-21-27-37(44)48-33-41(31-42,32-43)34-49-38(45)28-22-18-24-30-40(47)51-36(4)26-20-16-14-12-10-8-6-2/h35-36,42-43H,5-34H2,1-4H3. The topological polar surface area (TPSA) is 146 Å². The molecular weight excluding hydrogens is 652 g/mol. The quantitative estimate of drug-likeness (QED) is 0.0364. The molecule has 2 atom stereocenters. The van der Waals surface area contributed by atoms with E-state index >= 15 is 0 Å². The molecule has 0 rings (SSSR count). The van der Waals surface area contributed by atoms with Crippen molar-refractivity contribution in [3.63, 3.8) is 0 Å². The van der Waals surface area contributed by atoms with E-state index in [1.54, 1.807) is 0 Å². The third-order valence-corrected chi connectivity index (χ3v) is 9.37. The molecule has 0 aliphatic rings. The molecule has 0 bridgehead atoms. The molecule has 0 spiro atoms. The van der Waals surface area contributed by atoms with Gasteiger partial charge in [0.1, 0.15) is 13.2 Å². The Morgan fingerprint density at radius 1 is 0.451 bits per heavy atom. The summed E-state index contributed by atoms with van der Waals surface area (Å²) in [6.45, 7) is 6.68. The molecule has 0 aliphatic carbocycles. The smallest absolute Gasteiger partial charge is 0.306 e. The molecule has 2 N–H and O–H groups in total. The molecule has 0 amide bonds. The summed E-state index contributed by atoms with van der Waals surface area (Å²) < 4.78 is 21.6. The first-order valence-electron chi connectivity index (χ1n) is 20.5. The van der Waals surface area contributed by atoms with Crippen molar-refractivity contribution in [2.75, 3.05) is 26.4 Å². The van der Waals surface area contributed by atoms with E-state index < -0.39 is 30.6 Å². The SMILES string of the molecule is CCCCCCCCCC(C)OC(=O)CCCCCC(=O)OCC(CO)(CO)COC(=O)CCCCCC(=O)OC(C)CCCCCCCCC. The fourth-order valence-electron chi connectivity index (χ4n) is 5.78. The summed E-state index contributed by atoms with van der Waals surface area (Å²) in [4.78, 5) is 48.9. The van der Waals surface area contributed by atoms with Gasteiger partial charge in [0.25, 0.3) is 0 Å². The number of hydrogen-bond donors (Lipinski definition) is 2. The van der Waals surface area contributed by atoms with E-state index in [-0.39, 0.29) is 50.2 Å². The highest BCUT2D eigenvalue weighted by Crippen LogP contribution is 2.19. The molecular formula is C41H76O10. The van der Waals surface area contributed by atoms with Gasteiger partial charge < -0.3 is 29.2 Å². The van der Waals surface area contributed by atoms with Gasteiger partial charge in [-0.25, -0.2) is 0 Å². The lowest BCUT2D eigenvalue weighted by Crippen LogP contribution is -2.41. The van der Waals surface area contributed by atoms with E-state index in [1.165, 1.54) is 77.0 Å². The van der Waals surface area contributed by atoms with Crippen LogP contribution in [0.15, 0.2) is 0 Å². The summed E-state index contributed by atoms with van der Waals surface area (Å²) in [6, 6.07) is 0. The van der Waals surface area contributed by atoms with E-state index in [0.29, 0.717) is 51.4 Å². The van der Waals surface area contributed by atoms with E-state index in [4.69, 9.17) is 18.9 Å². The van der Waals surface area contributed by atoms with Crippen LogP contribution in [0.25, 0.3) is 0 Å². The van der Waals surface area contributed by atoms with Crippen molar-refractivity contribution in [3.8, 4) is 0 Å². The molecule has 0 saturated heterocycles. The van der Waals surface area contributed by atoms with Gasteiger partial charge in [0, 0.05) is 25.7 Å². The molecule has 300 valence electrons. The van der Waals surface area contributed by atoms with Gasteiger partial charge in [-0.05, 0) is 65.2 Å². The Balaban J connectivity index is 4.03. The number of rotatable bonds is 36. The number of hydrogen-bond acceptors (Lipinski definition) is 10. The summed E-state index contributed by atoms with van der Waals surface area (Å²) in [5.41, 5.74) is -1.30. The molecule has 0 aromatic heterocycles. The van der Waals surface area contributed by atoms with Crippen molar-refractivity contribution in [2.24, 2.45) is 5.41 Å². The highest BCUT2D eigenvalue weighted by Gasteiger charge is 2.33. The zero-order valence-electron chi connectivity index (χ0n) is 33.0. The maximum atomic E-state index is 12.3. The highest BCUT2D eigenvalue weighted by molar-refractivity contribution is 5.70. The summed E-state index contributed by atoms with van der Waals surface area (Å²) in [6.07, 6.45) is 23.3. The molecule has 2 unspecified atom stereocenters. The third-order valence-electron chi connectivity index (χ3n) is 9.37. The predicted octanol–water partition coefficient (Wildman–Crippen LogP) is 9.09. The number of carbonyl (C=O) groups excluding carboxylic acids is 4. The van der Waals surface area contributed by atoms with Crippen LogP contribution in [0.5, 0.6) is 0 Å². The number of esters is 4. The van der Waals surface area contributed by atoms with Gasteiger partial charge in [-0.15, -0.1) is 0 Å². The Morgan fingerprint density at radius 2 is 0.745 bits per heavy atom. The molecule has 0 radical (unpaired) electrons. The van der Waals surface area contributed by atoms with Gasteiger partial charge in [0.15, 0.2) is 0 Å². The lowest BCUT2D eigenvalue weighted by atomic mass is 9.92. The average molecular weight is 729 g/mol. The maximum Gasteiger partial charge on any atom is 0.306 e. The maximum absolute atomic E-state index is 12.3. The minimum absolute atomic E-state index is 0.0822. The molecule has 0 fully saturated rings. The Hall–Kier alpha value is -2.20. The Bertz CT molecular complexity index is 807. The predicted molar refractivity (Wildman–Crippen MR) is 201 cm³/mol. The van der Waals surface area contributed by atoms with Crippen molar-refractivity contribution in [3.05, 3.63) is 0 Å². The van der Waals surface area contributed by atoms with Gasteiger partial charge in [-0.1, -0.05) is 104 Å². The van der Waals surface area contributed by atoms with Gasteiger partial charge in [-0.2, -0.15) is 0 Å². The van der Waals surface area contributed by atoms with Crippen LogP contribution in [0, 0.1) is 5.41 Å². The second-order valence-electron chi connectivity index (χ2n) is 14.7. The van der Waals surface area contributed by atoms with Gasteiger partial charge in [0.2, 0.25) is 0 Å². The van der Waals surface area contributed by atoms with E-state index in [9.17, 15) is 29.4 Å². The van der Waals surface area contributed by atoms with E-state index in [2.05, 4.69) is 13.8 Å². The van der Waals surface area contributed by atoms with Crippen LogP contribution in [0.3, 0.4) is 0 Å². The van der Waals surface area contributed by atoms with Crippen molar-refractivity contribution >= 4 is 23.9 Å². The average Bonchev–Trinajstić information content (AvgIpc) is 3.10. The van der Waals surface area contributed by atoms with Gasteiger partial charge in [-0.3, -0.25) is 19.2 Å². The Labute approximate surface area is 310 Å². The first kappa shape index (κ1) is 48.8. The normalized spacial score (nSPS) is 12.7. The summed E-state index contributed by atoms with van der Waals surface area (Å²) in [7, 11) is 0. The molecule has 0 aliphatic heterocycles. The number of aliphatic hydroxyl groups is 2. The van der Waals surface area contributed by atoms with Crippen molar-refractivity contribution in [1.82, 2.24) is 0 Å². The monoisotopic (exact) mass is 729 g/mol. The molecule has 0 saturated carbocycles. The number of ether oxygens (including phenoxy) is 4. The molecule has 0 aromatic rings. The minimum atomic E-state index is -1.30. The Kier molecular flexibility index (Phi) is 32.2. The third kappa shape index (κ3) is 30.0. The zero-order chi connectivity index (χ0) is 38.0. The van der Waals surface area contributed by atoms with Crippen molar-refractivity contribution in [1.29, 1.82) is 0 Å². The largest absolute Gasteiger partial charge is 0.465 e. The van der Waals surface area contributed by atoms with Gasteiger partial charge in [0.05, 0.1) is 30.8 Å². The summed E-state index contributed by atoms with van der Waals surface area (Å²) in [5.74, 6) is -1.39. The zero-order valence-corrected chi connectivity index (χ0v) is 33.0. The fourth-order valence-corrected chi connectivity index (χ4v) is 5.78. The minimum Gasteiger partial charge on any atom is -0.465 e. The highest BCUT2D eigenvalue weighted by atomic mass is 16.6. The van der Waals surface area contributed by atoms with Crippen molar-refractivity contribution in [2.45, 2.75) is 207 Å². The fraction of sp³-hybridized carbons (Fsp3) is 0.902. The molecule has 10 nitrogen and oxygen atoms in total. The first-order valence-corrected chi connectivity index (χ1v) is 20.5. The molecule has 51 heavy (non-hydrogen) atoms.